The highest BCUT2D eigenvalue weighted by Gasteiger charge is 2.17. The Bertz CT molecular complexity index is 3900. The molecule has 0 N–H and O–H groups in total. The monoisotopic (exact) mass is 896 g/mol. The molecule has 2 nitrogen and oxygen atoms in total. The maximum absolute atomic E-state index is 2.37. The predicted molar refractivity (Wildman–Crippen MR) is 298 cm³/mol. The first-order chi connectivity index (χ1) is 34.2. The van der Waals surface area contributed by atoms with Gasteiger partial charge in [-0.25, -0.2) is 0 Å². The normalized spacial score (nSPS) is 11.5. The van der Waals surface area contributed by atoms with Crippen LogP contribution in [0, 0.1) is 0 Å². The van der Waals surface area contributed by atoms with E-state index in [0.29, 0.717) is 0 Å². The molecule has 0 saturated heterocycles. The van der Waals surface area contributed by atoms with Crippen LogP contribution in [0.3, 0.4) is 0 Å². The van der Waals surface area contributed by atoms with Gasteiger partial charge >= 0.3 is 0 Å². The molecule has 3 heteroatoms. The highest BCUT2D eigenvalue weighted by Crippen LogP contribution is 2.43. The molecule has 0 aliphatic heterocycles. The van der Waals surface area contributed by atoms with Gasteiger partial charge in [-0.1, -0.05) is 182 Å². The zero-order valence-corrected chi connectivity index (χ0v) is 38.5. The van der Waals surface area contributed by atoms with Gasteiger partial charge in [-0.2, -0.15) is 0 Å². The van der Waals surface area contributed by atoms with Crippen molar-refractivity contribution in [3.63, 3.8) is 0 Å². The summed E-state index contributed by atoms with van der Waals surface area (Å²) in [6.45, 7) is 0. The van der Waals surface area contributed by atoms with E-state index in [1.54, 1.807) is 0 Å². The minimum atomic E-state index is 1.09. The zero-order chi connectivity index (χ0) is 45.7. The average molecular weight is 897 g/mol. The van der Waals surface area contributed by atoms with Gasteiger partial charge < -0.3 is 9.80 Å². The number of benzene rings is 12. The van der Waals surface area contributed by atoms with Gasteiger partial charge in [-0.15, -0.1) is 11.3 Å². The molecule has 69 heavy (non-hydrogen) atoms. The van der Waals surface area contributed by atoms with Crippen molar-refractivity contribution in [2.24, 2.45) is 0 Å². The first-order valence-corrected chi connectivity index (χ1v) is 24.4. The van der Waals surface area contributed by atoms with E-state index in [1.165, 1.54) is 80.3 Å². The van der Waals surface area contributed by atoms with Gasteiger partial charge in [0.2, 0.25) is 0 Å². The fourth-order valence-electron chi connectivity index (χ4n) is 10.3. The van der Waals surface area contributed by atoms with Crippen LogP contribution in [0.2, 0.25) is 0 Å². The minimum Gasteiger partial charge on any atom is -0.311 e. The number of anilines is 6. The molecule has 0 bridgehead atoms. The van der Waals surface area contributed by atoms with Crippen LogP contribution in [0.15, 0.2) is 267 Å². The summed E-state index contributed by atoms with van der Waals surface area (Å²) in [5.41, 5.74) is 13.8. The molecule has 13 aromatic rings. The van der Waals surface area contributed by atoms with Crippen LogP contribution in [-0.4, -0.2) is 0 Å². The Hall–Kier alpha value is -8.76. The Morgan fingerprint density at radius 3 is 1.06 bits per heavy atom. The largest absolute Gasteiger partial charge is 0.311 e. The number of hydrogen-bond acceptors (Lipinski definition) is 3. The Balaban J connectivity index is 0.866. The molecule has 0 saturated carbocycles. The summed E-state index contributed by atoms with van der Waals surface area (Å²) in [6, 6.07) is 97.2. The van der Waals surface area contributed by atoms with E-state index in [4.69, 9.17) is 0 Å². The number of thiophene rings is 1. The second-order valence-electron chi connectivity index (χ2n) is 17.7. The molecule has 0 unspecified atom stereocenters. The topological polar surface area (TPSA) is 6.48 Å². The van der Waals surface area contributed by atoms with E-state index in [0.717, 1.165) is 39.7 Å². The molecular formula is C66H44N2S. The van der Waals surface area contributed by atoms with Gasteiger partial charge in [0.1, 0.15) is 0 Å². The predicted octanol–water partition coefficient (Wildman–Crippen LogP) is 19.5. The summed E-state index contributed by atoms with van der Waals surface area (Å²) in [6.07, 6.45) is 0. The van der Waals surface area contributed by atoms with Crippen LogP contribution in [0.25, 0.3) is 85.9 Å². The van der Waals surface area contributed by atoms with Crippen LogP contribution >= 0.6 is 11.3 Å². The number of rotatable bonds is 9. The second-order valence-corrected chi connectivity index (χ2v) is 18.7. The van der Waals surface area contributed by atoms with E-state index in [9.17, 15) is 0 Å². The van der Waals surface area contributed by atoms with Gasteiger partial charge in [-0.05, 0) is 151 Å². The lowest BCUT2D eigenvalue weighted by atomic mass is 9.92. The molecule has 1 heterocycles. The molecular weight excluding hydrogens is 853 g/mol. The SMILES string of the molecule is c1ccc(N(c2ccccc2)c2ccc(-c3ccc(N(c4ccc(-c5ccc6c7ccccc7c7ccccc7c6c5)cc4)c4ccc(-c5cccc6c5sc5ccccc56)cc4)cc3)cc2)cc1. The van der Waals surface area contributed by atoms with Crippen molar-refractivity contribution in [3.05, 3.63) is 267 Å². The van der Waals surface area contributed by atoms with E-state index in [-0.39, 0.29) is 0 Å². The van der Waals surface area contributed by atoms with Crippen LogP contribution in [-0.2, 0) is 0 Å². The van der Waals surface area contributed by atoms with Crippen LogP contribution in [0.5, 0.6) is 0 Å². The van der Waals surface area contributed by atoms with Crippen LogP contribution < -0.4 is 9.80 Å². The van der Waals surface area contributed by atoms with Crippen LogP contribution in [0.4, 0.5) is 34.1 Å². The molecule has 0 atom stereocenters. The Kier molecular flexibility index (Phi) is 10.1. The fourth-order valence-corrected chi connectivity index (χ4v) is 11.5. The third-order valence-electron chi connectivity index (χ3n) is 13.7. The number of nitrogens with zero attached hydrogens (tertiary/aromatic N) is 2. The molecule has 1 aromatic heterocycles. The smallest absolute Gasteiger partial charge is 0.0462 e. The minimum absolute atomic E-state index is 1.09. The standard InChI is InChI=1S/C66H44N2S/c1-3-14-50(15-4-1)67(51-16-5-2-6-17-51)52-35-26-45(27-36-52)46-28-37-53(38-29-46)68(55-41-32-48(33-42-55)56-23-13-24-63-62-22-11-12-25-65(62)69-66(56)63)54-39-30-47(31-40-54)49-34-43-61-59-20-8-7-18-57(59)58-19-9-10-21-60(58)64(61)44-49/h1-44H. The van der Waals surface area contributed by atoms with E-state index in [1.807, 2.05) is 11.3 Å². The lowest BCUT2D eigenvalue weighted by Gasteiger charge is -2.26. The molecule has 324 valence electrons. The summed E-state index contributed by atoms with van der Waals surface area (Å²) in [5, 5.41) is 10.3. The number of hydrogen-bond donors (Lipinski definition) is 0. The third kappa shape index (κ3) is 7.28. The molecule has 0 aliphatic rings. The second kappa shape index (κ2) is 17.2. The Morgan fingerprint density at radius 1 is 0.217 bits per heavy atom. The maximum Gasteiger partial charge on any atom is 0.0462 e. The van der Waals surface area contributed by atoms with Gasteiger partial charge in [-0.3, -0.25) is 0 Å². The molecule has 0 aliphatic carbocycles. The van der Waals surface area contributed by atoms with Crippen molar-refractivity contribution >= 4 is 98.0 Å². The first kappa shape index (κ1) is 40.5. The van der Waals surface area contributed by atoms with Gasteiger partial charge in [0.05, 0.1) is 0 Å². The lowest BCUT2D eigenvalue weighted by Crippen LogP contribution is -2.10. The third-order valence-corrected chi connectivity index (χ3v) is 14.9. The van der Waals surface area contributed by atoms with Gasteiger partial charge in [0.15, 0.2) is 0 Å². The Labute approximate surface area is 405 Å². The van der Waals surface area contributed by atoms with Crippen molar-refractivity contribution in [3.8, 4) is 33.4 Å². The highest BCUT2D eigenvalue weighted by atomic mass is 32.1. The maximum atomic E-state index is 2.37. The quantitative estimate of drug-likeness (QED) is 0.133. The number of fused-ring (bicyclic) bond motifs is 9. The van der Waals surface area contributed by atoms with E-state index in [2.05, 4.69) is 277 Å². The fraction of sp³-hybridized carbons (Fsp3) is 0. The highest BCUT2D eigenvalue weighted by molar-refractivity contribution is 7.26. The summed E-state index contributed by atoms with van der Waals surface area (Å²) in [4.78, 5) is 4.67. The van der Waals surface area contributed by atoms with E-state index >= 15 is 0 Å². The summed E-state index contributed by atoms with van der Waals surface area (Å²) in [5.74, 6) is 0. The molecule has 0 fully saturated rings. The van der Waals surface area contributed by atoms with Crippen molar-refractivity contribution in [1.29, 1.82) is 0 Å². The molecule has 0 radical (unpaired) electrons. The van der Waals surface area contributed by atoms with Crippen molar-refractivity contribution < 1.29 is 0 Å². The molecule has 12 aromatic carbocycles. The van der Waals surface area contributed by atoms with Crippen molar-refractivity contribution in [1.82, 2.24) is 0 Å². The molecule has 0 spiro atoms. The number of para-hydroxylation sites is 2. The summed E-state index contributed by atoms with van der Waals surface area (Å²) < 4.78 is 2.64. The average Bonchev–Trinajstić information content (AvgIpc) is 3.82. The summed E-state index contributed by atoms with van der Waals surface area (Å²) in [7, 11) is 0. The lowest BCUT2D eigenvalue weighted by molar-refractivity contribution is 1.28. The van der Waals surface area contributed by atoms with Crippen molar-refractivity contribution in [2.75, 3.05) is 9.80 Å². The first-order valence-electron chi connectivity index (χ1n) is 23.6. The summed E-state index contributed by atoms with van der Waals surface area (Å²) >= 11 is 1.87. The molecule has 0 amide bonds. The molecule has 13 rings (SSSR count). The van der Waals surface area contributed by atoms with Crippen LogP contribution in [0.1, 0.15) is 0 Å². The van der Waals surface area contributed by atoms with E-state index < -0.39 is 0 Å². The van der Waals surface area contributed by atoms with Crippen molar-refractivity contribution in [2.45, 2.75) is 0 Å². The Morgan fingerprint density at radius 2 is 0.565 bits per heavy atom. The zero-order valence-electron chi connectivity index (χ0n) is 37.7. The van der Waals surface area contributed by atoms with Gasteiger partial charge in [0.25, 0.3) is 0 Å². The van der Waals surface area contributed by atoms with Gasteiger partial charge in [0, 0.05) is 54.3 Å².